The van der Waals surface area contributed by atoms with Crippen molar-refractivity contribution < 1.29 is 19.4 Å². The second-order valence-corrected chi connectivity index (χ2v) is 5.95. The van der Waals surface area contributed by atoms with Gasteiger partial charge in [0.25, 0.3) is 5.91 Å². The molecule has 1 aromatic carbocycles. The van der Waals surface area contributed by atoms with Crippen molar-refractivity contribution in [3.63, 3.8) is 0 Å². The lowest BCUT2D eigenvalue weighted by atomic mass is 10.1. The van der Waals surface area contributed by atoms with Gasteiger partial charge in [-0.3, -0.25) is 4.79 Å². The molecule has 0 radical (unpaired) electrons. The van der Waals surface area contributed by atoms with Crippen molar-refractivity contribution in [3.05, 3.63) is 59.4 Å². The number of nitriles is 1. The van der Waals surface area contributed by atoms with Gasteiger partial charge in [-0.05, 0) is 36.2 Å². The van der Waals surface area contributed by atoms with Gasteiger partial charge < -0.3 is 19.9 Å². The Morgan fingerprint density at radius 2 is 2.15 bits per heavy atom. The van der Waals surface area contributed by atoms with Gasteiger partial charge >= 0.3 is 0 Å². The molecule has 0 saturated carbocycles. The van der Waals surface area contributed by atoms with Crippen LogP contribution in [0.25, 0.3) is 0 Å². The molecule has 1 aliphatic rings. The van der Waals surface area contributed by atoms with Crippen LogP contribution in [-0.2, 0) is 11.3 Å². The molecule has 1 aromatic heterocycles. The number of amides is 1. The normalized spacial score (nSPS) is 19.4. The first-order valence-corrected chi connectivity index (χ1v) is 8.31. The molecule has 26 heavy (non-hydrogen) atoms. The number of nitrogens with zero attached hydrogens (tertiary/aromatic N) is 2. The molecule has 0 aliphatic carbocycles. The fourth-order valence-electron chi connectivity index (χ4n) is 2.69. The Morgan fingerprint density at radius 1 is 1.35 bits per heavy atom. The van der Waals surface area contributed by atoms with Crippen molar-refractivity contribution in [1.29, 1.82) is 5.26 Å². The summed E-state index contributed by atoms with van der Waals surface area (Å²) < 4.78 is 11.4. The zero-order valence-electron chi connectivity index (χ0n) is 14.1. The quantitative estimate of drug-likeness (QED) is 0.842. The molecule has 2 heterocycles. The van der Waals surface area contributed by atoms with E-state index in [1.807, 2.05) is 6.07 Å². The van der Waals surface area contributed by atoms with Gasteiger partial charge in [0, 0.05) is 12.8 Å². The second kappa shape index (κ2) is 8.43. The summed E-state index contributed by atoms with van der Waals surface area (Å²) in [6.07, 6.45) is 1.70. The lowest BCUT2D eigenvalue weighted by molar-refractivity contribution is -0.0135. The highest BCUT2D eigenvalue weighted by atomic mass is 16.5. The van der Waals surface area contributed by atoms with Crippen LogP contribution in [0, 0.1) is 11.3 Å². The number of aliphatic hydroxyl groups excluding tert-OH is 1. The lowest BCUT2D eigenvalue weighted by Crippen LogP contribution is -2.51. The Labute approximate surface area is 151 Å². The SMILES string of the molecule is N#Cc1ccc(C(=O)N[C@@H]2CCOC[C@H]2Oc2ccc(CO)cc2)cn1. The number of pyridine rings is 1. The third kappa shape index (κ3) is 4.36. The van der Waals surface area contributed by atoms with Crippen molar-refractivity contribution in [1.82, 2.24) is 10.3 Å². The molecule has 2 N–H and O–H groups in total. The van der Waals surface area contributed by atoms with Gasteiger partial charge in [-0.25, -0.2) is 4.98 Å². The number of aliphatic hydroxyl groups is 1. The number of benzene rings is 1. The highest BCUT2D eigenvalue weighted by molar-refractivity contribution is 5.94. The largest absolute Gasteiger partial charge is 0.486 e. The number of carbonyl (C=O) groups excluding carboxylic acids is 1. The predicted molar refractivity (Wildman–Crippen MR) is 92.4 cm³/mol. The molecule has 2 atom stereocenters. The molecular formula is C19H19N3O4. The second-order valence-electron chi connectivity index (χ2n) is 5.95. The van der Waals surface area contributed by atoms with Crippen LogP contribution in [0.2, 0.25) is 0 Å². The monoisotopic (exact) mass is 353 g/mol. The summed E-state index contributed by atoms with van der Waals surface area (Å²) in [5.74, 6) is 0.384. The lowest BCUT2D eigenvalue weighted by Gasteiger charge is -2.32. The highest BCUT2D eigenvalue weighted by Gasteiger charge is 2.29. The third-order valence-electron chi connectivity index (χ3n) is 4.15. The maximum absolute atomic E-state index is 12.4. The van der Waals surface area contributed by atoms with Crippen LogP contribution in [0.4, 0.5) is 0 Å². The zero-order valence-corrected chi connectivity index (χ0v) is 14.1. The van der Waals surface area contributed by atoms with Crippen molar-refractivity contribution in [3.8, 4) is 11.8 Å². The molecule has 134 valence electrons. The molecule has 0 spiro atoms. The maximum atomic E-state index is 12.4. The minimum Gasteiger partial charge on any atom is -0.486 e. The number of nitrogens with one attached hydrogen (secondary N) is 1. The first kappa shape index (κ1) is 17.9. The number of ether oxygens (including phenoxy) is 2. The zero-order chi connectivity index (χ0) is 18.4. The van der Waals surface area contributed by atoms with Gasteiger partial charge in [-0.2, -0.15) is 5.26 Å². The maximum Gasteiger partial charge on any atom is 0.253 e. The molecule has 2 aromatic rings. The van der Waals surface area contributed by atoms with Crippen LogP contribution >= 0.6 is 0 Å². The standard InChI is InChI=1S/C19H19N3O4/c20-9-15-4-3-14(10-21-15)19(24)22-17-7-8-25-12-18(17)26-16-5-1-13(11-23)2-6-16/h1-6,10,17-18,23H,7-8,11-12H2,(H,22,24)/t17-,18-/m1/s1. The van der Waals surface area contributed by atoms with Crippen molar-refractivity contribution >= 4 is 5.91 Å². The average Bonchev–Trinajstić information content (AvgIpc) is 2.70. The molecule has 7 heteroatoms. The smallest absolute Gasteiger partial charge is 0.253 e. The molecule has 3 rings (SSSR count). The summed E-state index contributed by atoms with van der Waals surface area (Å²) in [5.41, 5.74) is 1.46. The Balaban J connectivity index is 1.65. The van der Waals surface area contributed by atoms with Crippen LogP contribution in [0.3, 0.4) is 0 Å². The number of hydrogen-bond acceptors (Lipinski definition) is 6. The molecule has 7 nitrogen and oxygen atoms in total. The van der Waals surface area contributed by atoms with E-state index in [1.165, 1.54) is 12.3 Å². The predicted octanol–water partition coefficient (Wildman–Crippen LogP) is 1.41. The van der Waals surface area contributed by atoms with Gasteiger partial charge in [0.05, 0.1) is 24.8 Å². The van der Waals surface area contributed by atoms with Gasteiger partial charge in [0.2, 0.25) is 0 Å². The van der Waals surface area contributed by atoms with Crippen LogP contribution in [-0.4, -0.2) is 41.4 Å². The Kier molecular flexibility index (Phi) is 5.79. The van der Waals surface area contributed by atoms with Crippen LogP contribution < -0.4 is 10.1 Å². The van der Waals surface area contributed by atoms with Crippen LogP contribution in [0.5, 0.6) is 5.75 Å². The molecule has 1 amide bonds. The summed E-state index contributed by atoms with van der Waals surface area (Å²) in [5, 5.41) is 20.8. The van der Waals surface area contributed by atoms with E-state index in [9.17, 15) is 4.79 Å². The fourth-order valence-corrected chi connectivity index (χ4v) is 2.69. The van der Waals surface area contributed by atoms with Crippen LogP contribution in [0.15, 0.2) is 42.6 Å². The Bertz CT molecular complexity index is 784. The van der Waals surface area contributed by atoms with Gasteiger partial charge in [-0.15, -0.1) is 0 Å². The fraction of sp³-hybridized carbons (Fsp3) is 0.316. The van der Waals surface area contributed by atoms with E-state index in [-0.39, 0.29) is 30.4 Å². The molecular weight excluding hydrogens is 334 g/mol. The Hall–Kier alpha value is -2.95. The minimum absolute atomic E-state index is 0.0237. The van der Waals surface area contributed by atoms with E-state index < -0.39 is 0 Å². The number of aromatic nitrogens is 1. The summed E-state index contributed by atoms with van der Waals surface area (Å²) in [6.45, 7) is 0.891. The highest BCUT2D eigenvalue weighted by Crippen LogP contribution is 2.19. The van der Waals surface area contributed by atoms with Gasteiger partial charge in [-0.1, -0.05) is 12.1 Å². The molecule has 0 bridgehead atoms. The molecule has 1 aliphatic heterocycles. The summed E-state index contributed by atoms with van der Waals surface area (Å²) in [4.78, 5) is 16.4. The molecule has 1 saturated heterocycles. The van der Waals surface area contributed by atoms with E-state index in [4.69, 9.17) is 19.8 Å². The molecule has 0 unspecified atom stereocenters. The van der Waals surface area contributed by atoms with E-state index in [0.717, 1.165) is 5.56 Å². The number of rotatable bonds is 5. The third-order valence-corrected chi connectivity index (χ3v) is 4.15. The van der Waals surface area contributed by atoms with E-state index in [0.29, 0.717) is 30.9 Å². The van der Waals surface area contributed by atoms with Crippen molar-refractivity contribution in [2.75, 3.05) is 13.2 Å². The summed E-state index contributed by atoms with van der Waals surface area (Å²) in [6, 6.07) is 11.9. The van der Waals surface area contributed by atoms with Crippen molar-refractivity contribution in [2.45, 2.75) is 25.2 Å². The van der Waals surface area contributed by atoms with Crippen molar-refractivity contribution in [2.24, 2.45) is 0 Å². The summed E-state index contributed by atoms with van der Waals surface area (Å²) >= 11 is 0. The Morgan fingerprint density at radius 3 is 2.81 bits per heavy atom. The first-order chi connectivity index (χ1) is 12.7. The first-order valence-electron chi connectivity index (χ1n) is 8.31. The number of hydrogen-bond donors (Lipinski definition) is 2. The molecule has 1 fully saturated rings. The minimum atomic E-state index is -0.320. The summed E-state index contributed by atoms with van der Waals surface area (Å²) in [7, 11) is 0. The van der Waals surface area contributed by atoms with E-state index in [1.54, 1.807) is 30.3 Å². The number of carbonyl (C=O) groups is 1. The van der Waals surface area contributed by atoms with Gasteiger partial charge in [0.15, 0.2) is 0 Å². The topological polar surface area (TPSA) is 104 Å². The van der Waals surface area contributed by atoms with E-state index >= 15 is 0 Å². The van der Waals surface area contributed by atoms with Crippen LogP contribution in [0.1, 0.15) is 28.0 Å². The van der Waals surface area contributed by atoms with E-state index in [2.05, 4.69) is 10.3 Å². The average molecular weight is 353 g/mol. The van der Waals surface area contributed by atoms with Gasteiger partial charge in [0.1, 0.15) is 23.6 Å².